The zero-order valence-corrected chi connectivity index (χ0v) is 12.2. The Morgan fingerprint density at radius 3 is 2.95 bits per heavy atom. The minimum absolute atomic E-state index is 0.0491. The molecule has 1 aromatic carbocycles. The summed E-state index contributed by atoms with van der Waals surface area (Å²) in [5.74, 6) is -0.133. The van der Waals surface area contributed by atoms with Crippen LogP contribution in [0.5, 0.6) is 0 Å². The fraction of sp³-hybridized carbons (Fsp3) is 0.286. The zero-order valence-electron chi connectivity index (χ0n) is 11.4. The van der Waals surface area contributed by atoms with Crippen molar-refractivity contribution in [1.82, 2.24) is 15.5 Å². The predicted octanol–water partition coefficient (Wildman–Crippen LogP) is 2.66. The first-order valence-electron chi connectivity index (χ1n) is 6.34. The predicted molar refractivity (Wildman–Crippen MR) is 79.8 cm³/mol. The Morgan fingerprint density at radius 1 is 1.50 bits per heavy atom. The van der Waals surface area contributed by atoms with E-state index in [-0.39, 0.29) is 18.5 Å². The van der Waals surface area contributed by atoms with Crippen LogP contribution in [0.15, 0.2) is 30.6 Å². The molecule has 2 aromatic rings. The molecule has 3 N–H and O–H groups in total. The molecule has 5 nitrogen and oxygen atoms in total. The van der Waals surface area contributed by atoms with E-state index >= 15 is 0 Å². The highest BCUT2D eigenvalue weighted by Crippen LogP contribution is 2.22. The fourth-order valence-corrected chi connectivity index (χ4v) is 2.06. The van der Waals surface area contributed by atoms with E-state index in [1.807, 2.05) is 26.0 Å². The molecule has 0 aliphatic carbocycles. The number of carbonyl (C=O) groups is 1. The number of carbonyl (C=O) groups excluding carboxylic acids is 1. The molecule has 0 bridgehead atoms. The van der Waals surface area contributed by atoms with Gasteiger partial charge in [-0.25, -0.2) is 0 Å². The van der Waals surface area contributed by atoms with Gasteiger partial charge in [0.1, 0.15) is 0 Å². The van der Waals surface area contributed by atoms with Crippen LogP contribution in [0.4, 0.5) is 5.69 Å². The molecule has 1 heterocycles. The van der Waals surface area contributed by atoms with Crippen LogP contribution in [-0.2, 0) is 4.79 Å². The van der Waals surface area contributed by atoms with Gasteiger partial charge in [-0.1, -0.05) is 17.7 Å². The lowest BCUT2D eigenvalue weighted by Gasteiger charge is -2.12. The van der Waals surface area contributed by atoms with Crippen LogP contribution >= 0.6 is 11.6 Å². The lowest BCUT2D eigenvalue weighted by molar-refractivity contribution is -0.115. The molecule has 0 spiro atoms. The van der Waals surface area contributed by atoms with Crippen LogP contribution in [0.25, 0.3) is 0 Å². The topological polar surface area (TPSA) is 69.8 Å². The third-order valence-corrected chi connectivity index (χ3v) is 3.30. The van der Waals surface area contributed by atoms with Crippen LogP contribution in [0.3, 0.4) is 0 Å². The molecule has 6 heteroatoms. The van der Waals surface area contributed by atoms with E-state index in [0.717, 1.165) is 11.1 Å². The Balaban J connectivity index is 1.86. The SMILES string of the molecule is Cc1ccc(NC(=O)CN[C@H](C)c2cn[nH]c2)c(Cl)c1. The molecule has 0 fully saturated rings. The maximum Gasteiger partial charge on any atom is 0.238 e. The number of H-pyrrole nitrogens is 1. The van der Waals surface area contributed by atoms with E-state index in [1.165, 1.54) is 0 Å². The number of anilines is 1. The van der Waals surface area contributed by atoms with Crippen LogP contribution < -0.4 is 10.6 Å². The molecule has 0 saturated carbocycles. The van der Waals surface area contributed by atoms with Gasteiger partial charge in [-0.15, -0.1) is 0 Å². The van der Waals surface area contributed by atoms with E-state index in [0.29, 0.717) is 10.7 Å². The molecular weight excluding hydrogens is 276 g/mol. The number of hydrogen-bond acceptors (Lipinski definition) is 3. The fourth-order valence-electron chi connectivity index (χ4n) is 1.78. The standard InChI is InChI=1S/C14H17ClN4O/c1-9-3-4-13(12(15)5-9)19-14(20)8-16-10(2)11-6-17-18-7-11/h3-7,10,16H,8H2,1-2H3,(H,17,18)(H,19,20)/t10-/m1/s1. The number of amides is 1. The van der Waals surface area contributed by atoms with Gasteiger partial charge in [-0.2, -0.15) is 5.10 Å². The highest BCUT2D eigenvalue weighted by Gasteiger charge is 2.10. The van der Waals surface area contributed by atoms with Gasteiger partial charge in [0.05, 0.1) is 23.5 Å². The second kappa shape index (κ2) is 6.54. The van der Waals surface area contributed by atoms with E-state index in [4.69, 9.17) is 11.6 Å². The van der Waals surface area contributed by atoms with Crippen LogP contribution in [-0.4, -0.2) is 22.6 Å². The largest absolute Gasteiger partial charge is 0.324 e. The maximum absolute atomic E-state index is 11.9. The average Bonchev–Trinajstić information content (AvgIpc) is 2.93. The summed E-state index contributed by atoms with van der Waals surface area (Å²) in [6, 6.07) is 5.57. The van der Waals surface area contributed by atoms with E-state index in [9.17, 15) is 4.79 Å². The molecule has 0 radical (unpaired) electrons. The van der Waals surface area contributed by atoms with Gasteiger partial charge >= 0.3 is 0 Å². The Morgan fingerprint density at radius 2 is 2.30 bits per heavy atom. The Labute approximate surface area is 122 Å². The number of nitrogens with zero attached hydrogens (tertiary/aromatic N) is 1. The molecule has 0 saturated heterocycles. The van der Waals surface area contributed by atoms with Gasteiger partial charge in [0.25, 0.3) is 0 Å². The number of aromatic amines is 1. The molecule has 1 amide bonds. The van der Waals surface area contributed by atoms with E-state index in [1.54, 1.807) is 18.5 Å². The molecule has 2 rings (SSSR count). The van der Waals surface area contributed by atoms with Gasteiger partial charge < -0.3 is 10.6 Å². The number of rotatable bonds is 5. The second-order valence-corrected chi connectivity index (χ2v) is 5.07. The van der Waals surface area contributed by atoms with Gasteiger partial charge in [-0.05, 0) is 31.5 Å². The van der Waals surface area contributed by atoms with Gasteiger partial charge in [0.15, 0.2) is 0 Å². The zero-order chi connectivity index (χ0) is 14.5. The van der Waals surface area contributed by atoms with Crippen LogP contribution in [0.2, 0.25) is 5.02 Å². The van der Waals surface area contributed by atoms with E-state index < -0.39 is 0 Å². The van der Waals surface area contributed by atoms with Crippen LogP contribution in [0.1, 0.15) is 24.1 Å². The minimum atomic E-state index is -0.133. The number of halogens is 1. The number of nitrogens with one attached hydrogen (secondary N) is 3. The number of benzene rings is 1. The molecule has 0 aliphatic rings. The van der Waals surface area contributed by atoms with Crippen molar-refractivity contribution in [2.24, 2.45) is 0 Å². The molecule has 1 aromatic heterocycles. The third-order valence-electron chi connectivity index (χ3n) is 2.99. The molecule has 106 valence electrons. The number of aromatic nitrogens is 2. The molecule has 20 heavy (non-hydrogen) atoms. The molecular formula is C14H17ClN4O. The molecule has 1 atom stereocenters. The summed E-state index contributed by atoms with van der Waals surface area (Å²) in [5, 5.41) is 13.1. The second-order valence-electron chi connectivity index (χ2n) is 4.67. The summed E-state index contributed by atoms with van der Waals surface area (Å²) in [6.07, 6.45) is 3.53. The normalized spacial score (nSPS) is 12.2. The summed E-state index contributed by atoms with van der Waals surface area (Å²) in [5.41, 5.74) is 2.69. The number of aryl methyl sites for hydroxylation is 1. The summed E-state index contributed by atoms with van der Waals surface area (Å²) >= 11 is 6.07. The van der Waals surface area contributed by atoms with Gasteiger partial charge in [0.2, 0.25) is 5.91 Å². The lowest BCUT2D eigenvalue weighted by atomic mass is 10.2. The van der Waals surface area contributed by atoms with Crippen molar-refractivity contribution < 1.29 is 4.79 Å². The number of hydrogen-bond donors (Lipinski definition) is 3. The lowest BCUT2D eigenvalue weighted by Crippen LogP contribution is -2.30. The molecule has 0 aliphatic heterocycles. The van der Waals surface area contributed by atoms with Gasteiger partial charge in [-0.3, -0.25) is 9.89 Å². The third kappa shape index (κ3) is 3.82. The van der Waals surface area contributed by atoms with E-state index in [2.05, 4.69) is 20.8 Å². The Hall–Kier alpha value is -1.85. The van der Waals surface area contributed by atoms with Gasteiger partial charge in [0, 0.05) is 17.8 Å². The average molecular weight is 293 g/mol. The maximum atomic E-state index is 11.9. The van der Waals surface area contributed by atoms with Crippen LogP contribution in [0, 0.1) is 6.92 Å². The quantitative estimate of drug-likeness (QED) is 0.793. The minimum Gasteiger partial charge on any atom is -0.324 e. The van der Waals surface area contributed by atoms with Crippen molar-refractivity contribution in [3.05, 3.63) is 46.7 Å². The Kier molecular flexibility index (Phi) is 4.76. The van der Waals surface area contributed by atoms with Crippen molar-refractivity contribution >= 4 is 23.2 Å². The van der Waals surface area contributed by atoms with Crippen molar-refractivity contribution in [2.75, 3.05) is 11.9 Å². The first kappa shape index (κ1) is 14.6. The van der Waals surface area contributed by atoms with Crippen molar-refractivity contribution in [1.29, 1.82) is 0 Å². The van der Waals surface area contributed by atoms with Crippen molar-refractivity contribution in [2.45, 2.75) is 19.9 Å². The summed E-state index contributed by atoms with van der Waals surface area (Å²) < 4.78 is 0. The summed E-state index contributed by atoms with van der Waals surface area (Å²) in [6.45, 7) is 4.12. The first-order chi connectivity index (χ1) is 9.56. The monoisotopic (exact) mass is 292 g/mol. The highest BCUT2D eigenvalue weighted by atomic mass is 35.5. The summed E-state index contributed by atoms with van der Waals surface area (Å²) in [7, 11) is 0. The smallest absolute Gasteiger partial charge is 0.238 e. The highest BCUT2D eigenvalue weighted by molar-refractivity contribution is 6.33. The summed E-state index contributed by atoms with van der Waals surface area (Å²) in [4.78, 5) is 11.9. The first-order valence-corrected chi connectivity index (χ1v) is 6.72. The molecule has 0 unspecified atom stereocenters. The van der Waals surface area contributed by atoms with Crippen molar-refractivity contribution in [3.8, 4) is 0 Å². The Bertz CT molecular complexity index is 583. The van der Waals surface area contributed by atoms with Crippen molar-refractivity contribution in [3.63, 3.8) is 0 Å².